The molecule has 0 saturated heterocycles. The summed E-state index contributed by atoms with van der Waals surface area (Å²) in [4.78, 5) is 12.5. The van der Waals surface area contributed by atoms with Gasteiger partial charge in [-0.25, -0.2) is 0 Å². The first-order chi connectivity index (χ1) is 12.1. The number of carbonyl (C=O) groups is 1. The topological polar surface area (TPSA) is 37.3 Å². The minimum Gasteiger partial charge on any atom is -0.392 e. The molecule has 1 saturated carbocycles. The van der Waals surface area contributed by atoms with Crippen molar-refractivity contribution >= 4 is 5.78 Å². The van der Waals surface area contributed by atoms with Crippen LogP contribution in [0.5, 0.6) is 0 Å². The number of carbonyl (C=O) groups excluding carboxylic acids is 1. The van der Waals surface area contributed by atoms with Crippen molar-refractivity contribution in [2.45, 2.75) is 123 Å². The Morgan fingerprint density at radius 3 is 1.80 bits per heavy atom. The number of hydrogen-bond donors (Lipinski definition) is 1. The van der Waals surface area contributed by atoms with Crippen LogP contribution >= 0.6 is 0 Å². The van der Waals surface area contributed by atoms with E-state index in [-0.39, 0.29) is 17.9 Å². The SMILES string of the molecule is CCCCCCCCCCCCCCC(C)C(=O)[C@H]1CC(C)C[C@@H]1O. The highest BCUT2D eigenvalue weighted by Crippen LogP contribution is 2.34. The Kier molecular flexibility index (Phi) is 12.5. The van der Waals surface area contributed by atoms with Crippen LogP contribution in [0.25, 0.3) is 0 Å². The Morgan fingerprint density at radius 2 is 1.36 bits per heavy atom. The van der Waals surface area contributed by atoms with Gasteiger partial charge >= 0.3 is 0 Å². The van der Waals surface area contributed by atoms with E-state index >= 15 is 0 Å². The quantitative estimate of drug-likeness (QED) is 0.333. The van der Waals surface area contributed by atoms with Gasteiger partial charge in [-0.05, 0) is 25.2 Å². The fraction of sp³-hybridized carbons (Fsp3) is 0.957. The highest BCUT2D eigenvalue weighted by atomic mass is 16.3. The summed E-state index contributed by atoms with van der Waals surface area (Å²) >= 11 is 0. The Morgan fingerprint density at radius 1 is 0.880 bits per heavy atom. The zero-order chi connectivity index (χ0) is 18.5. The zero-order valence-electron chi connectivity index (χ0n) is 17.3. The number of ketones is 1. The van der Waals surface area contributed by atoms with E-state index in [0.717, 1.165) is 19.3 Å². The van der Waals surface area contributed by atoms with Crippen LogP contribution < -0.4 is 0 Å². The molecule has 1 fully saturated rings. The third kappa shape index (κ3) is 9.78. The summed E-state index contributed by atoms with van der Waals surface area (Å²) in [7, 11) is 0. The van der Waals surface area contributed by atoms with Gasteiger partial charge in [0.2, 0.25) is 0 Å². The first kappa shape index (κ1) is 22.7. The minimum absolute atomic E-state index is 0.0812. The fourth-order valence-corrected chi connectivity index (χ4v) is 4.37. The molecule has 0 aromatic rings. The molecule has 1 aliphatic rings. The summed E-state index contributed by atoms with van der Waals surface area (Å²) in [6, 6.07) is 0. The monoisotopic (exact) mass is 352 g/mol. The molecule has 0 aromatic carbocycles. The van der Waals surface area contributed by atoms with Crippen molar-refractivity contribution in [1.82, 2.24) is 0 Å². The summed E-state index contributed by atoms with van der Waals surface area (Å²) < 4.78 is 0. The van der Waals surface area contributed by atoms with E-state index in [1.165, 1.54) is 77.0 Å². The molecular formula is C23H44O2. The summed E-state index contributed by atoms with van der Waals surface area (Å²) in [5.41, 5.74) is 0. The minimum atomic E-state index is -0.382. The van der Waals surface area contributed by atoms with Gasteiger partial charge in [0.15, 0.2) is 0 Å². The lowest BCUT2D eigenvalue weighted by atomic mass is 9.87. The van der Waals surface area contributed by atoms with Gasteiger partial charge in [-0.2, -0.15) is 0 Å². The molecule has 1 aliphatic carbocycles. The van der Waals surface area contributed by atoms with E-state index in [9.17, 15) is 9.90 Å². The van der Waals surface area contributed by atoms with Crippen LogP contribution in [0.3, 0.4) is 0 Å². The lowest BCUT2D eigenvalue weighted by Crippen LogP contribution is -2.27. The first-order valence-corrected chi connectivity index (χ1v) is 11.3. The van der Waals surface area contributed by atoms with Crippen LogP contribution in [-0.2, 0) is 4.79 Å². The molecule has 2 nitrogen and oxygen atoms in total. The number of Topliss-reactive ketones (excluding diaryl/α,β-unsaturated/α-hetero) is 1. The van der Waals surface area contributed by atoms with E-state index < -0.39 is 0 Å². The van der Waals surface area contributed by atoms with Crippen LogP contribution in [0.4, 0.5) is 0 Å². The molecule has 0 spiro atoms. The third-order valence-electron chi connectivity index (χ3n) is 6.11. The van der Waals surface area contributed by atoms with E-state index in [1.807, 2.05) is 0 Å². The smallest absolute Gasteiger partial charge is 0.141 e. The van der Waals surface area contributed by atoms with Crippen LogP contribution in [0, 0.1) is 17.8 Å². The zero-order valence-corrected chi connectivity index (χ0v) is 17.3. The molecule has 0 heterocycles. The van der Waals surface area contributed by atoms with E-state index in [0.29, 0.717) is 11.7 Å². The van der Waals surface area contributed by atoms with E-state index in [2.05, 4.69) is 20.8 Å². The third-order valence-corrected chi connectivity index (χ3v) is 6.11. The second-order valence-electron chi connectivity index (χ2n) is 8.73. The average Bonchev–Trinajstić information content (AvgIpc) is 2.93. The molecular weight excluding hydrogens is 308 g/mol. The number of unbranched alkanes of at least 4 members (excludes halogenated alkanes) is 11. The number of aliphatic hydroxyl groups excluding tert-OH is 1. The normalized spacial score (nSPS) is 24.6. The highest BCUT2D eigenvalue weighted by Gasteiger charge is 2.36. The Bertz CT molecular complexity index is 339. The molecule has 2 unspecified atom stereocenters. The Balaban J connectivity index is 1.93. The van der Waals surface area contributed by atoms with E-state index in [4.69, 9.17) is 0 Å². The molecule has 0 amide bonds. The van der Waals surface area contributed by atoms with Gasteiger partial charge in [0, 0.05) is 11.8 Å². The summed E-state index contributed by atoms with van der Waals surface area (Å²) in [5, 5.41) is 10.0. The molecule has 1 rings (SSSR count). The maximum absolute atomic E-state index is 12.5. The largest absolute Gasteiger partial charge is 0.392 e. The molecule has 25 heavy (non-hydrogen) atoms. The summed E-state index contributed by atoms with van der Waals surface area (Å²) in [6.07, 6.45) is 18.6. The van der Waals surface area contributed by atoms with E-state index in [1.54, 1.807) is 0 Å². The van der Waals surface area contributed by atoms with Crippen molar-refractivity contribution < 1.29 is 9.90 Å². The maximum atomic E-state index is 12.5. The van der Waals surface area contributed by atoms with Crippen LogP contribution in [0.15, 0.2) is 0 Å². The highest BCUT2D eigenvalue weighted by molar-refractivity contribution is 5.83. The average molecular weight is 353 g/mol. The van der Waals surface area contributed by atoms with Gasteiger partial charge in [0.25, 0.3) is 0 Å². The first-order valence-electron chi connectivity index (χ1n) is 11.3. The second kappa shape index (κ2) is 13.8. The van der Waals surface area contributed by atoms with Gasteiger partial charge in [-0.1, -0.05) is 97.8 Å². The summed E-state index contributed by atoms with van der Waals surface area (Å²) in [5.74, 6) is 0.873. The molecule has 1 N–H and O–H groups in total. The van der Waals surface area contributed by atoms with Crippen LogP contribution in [0.1, 0.15) is 117 Å². The molecule has 4 atom stereocenters. The van der Waals surface area contributed by atoms with Crippen molar-refractivity contribution in [2.75, 3.05) is 0 Å². The summed E-state index contributed by atoms with van der Waals surface area (Å²) in [6.45, 7) is 6.48. The van der Waals surface area contributed by atoms with Crippen molar-refractivity contribution in [3.8, 4) is 0 Å². The van der Waals surface area contributed by atoms with Gasteiger partial charge in [-0.15, -0.1) is 0 Å². The fourth-order valence-electron chi connectivity index (χ4n) is 4.37. The number of rotatable bonds is 15. The Hall–Kier alpha value is -0.370. The number of hydrogen-bond acceptors (Lipinski definition) is 2. The Labute approximate surface area is 157 Å². The predicted octanol–water partition coefficient (Wildman–Crippen LogP) is 6.69. The van der Waals surface area contributed by atoms with Gasteiger partial charge in [0.1, 0.15) is 5.78 Å². The molecule has 0 aliphatic heterocycles. The molecule has 0 bridgehead atoms. The van der Waals surface area contributed by atoms with Gasteiger partial charge in [-0.3, -0.25) is 4.79 Å². The molecule has 0 aromatic heterocycles. The standard InChI is InChI=1S/C23H44O2/c1-4-5-6-7-8-9-10-11-12-13-14-15-16-20(3)23(25)21-17-19(2)18-22(21)24/h19-22,24H,4-18H2,1-3H3/t19?,20?,21-,22-/m0/s1. The lowest BCUT2D eigenvalue weighted by molar-refractivity contribution is -0.129. The number of aliphatic hydroxyl groups is 1. The van der Waals surface area contributed by atoms with Crippen LogP contribution in [0.2, 0.25) is 0 Å². The van der Waals surface area contributed by atoms with Crippen molar-refractivity contribution in [2.24, 2.45) is 17.8 Å². The molecule has 148 valence electrons. The predicted molar refractivity (Wildman–Crippen MR) is 108 cm³/mol. The van der Waals surface area contributed by atoms with Crippen molar-refractivity contribution in [3.63, 3.8) is 0 Å². The maximum Gasteiger partial charge on any atom is 0.141 e. The lowest BCUT2D eigenvalue weighted by Gasteiger charge is -2.18. The molecule has 0 radical (unpaired) electrons. The molecule has 2 heteroatoms. The van der Waals surface area contributed by atoms with Crippen LogP contribution in [-0.4, -0.2) is 17.0 Å². The van der Waals surface area contributed by atoms with Crippen molar-refractivity contribution in [3.05, 3.63) is 0 Å². The van der Waals surface area contributed by atoms with Gasteiger partial charge < -0.3 is 5.11 Å². The van der Waals surface area contributed by atoms with Crippen molar-refractivity contribution in [1.29, 1.82) is 0 Å². The van der Waals surface area contributed by atoms with Gasteiger partial charge in [0.05, 0.1) is 6.10 Å². The second-order valence-corrected chi connectivity index (χ2v) is 8.73.